The van der Waals surface area contributed by atoms with Gasteiger partial charge in [0.05, 0.1) is 19.3 Å². The van der Waals surface area contributed by atoms with E-state index in [2.05, 4.69) is 39.1 Å². The molecule has 3 nitrogen and oxygen atoms in total. The van der Waals surface area contributed by atoms with Gasteiger partial charge in [0.2, 0.25) is 0 Å². The minimum Gasteiger partial charge on any atom is -0.465 e. The fourth-order valence-electron chi connectivity index (χ4n) is 1.65. The standard InChI is InChI=1S/C15H27NO2/c1-6-12(4)17-10-14-7-15(18-13(14)5)9-16-8-11(2)3/h7,11-12,16H,6,8-10H2,1-5H3. The number of rotatable bonds is 8. The van der Waals surface area contributed by atoms with Crippen molar-refractivity contribution in [1.29, 1.82) is 0 Å². The summed E-state index contributed by atoms with van der Waals surface area (Å²) in [7, 11) is 0. The van der Waals surface area contributed by atoms with Gasteiger partial charge in [-0.1, -0.05) is 20.8 Å². The van der Waals surface area contributed by atoms with E-state index in [1.54, 1.807) is 0 Å². The van der Waals surface area contributed by atoms with Crippen molar-refractivity contribution < 1.29 is 9.15 Å². The molecule has 18 heavy (non-hydrogen) atoms. The first-order valence-electron chi connectivity index (χ1n) is 6.93. The van der Waals surface area contributed by atoms with Gasteiger partial charge >= 0.3 is 0 Å². The molecule has 0 radical (unpaired) electrons. The van der Waals surface area contributed by atoms with E-state index in [0.29, 0.717) is 18.6 Å². The molecule has 0 saturated carbocycles. The molecule has 0 aliphatic carbocycles. The van der Waals surface area contributed by atoms with Gasteiger partial charge in [0.1, 0.15) is 11.5 Å². The van der Waals surface area contributed by atoms with Crippen LogP contribution in [0.5, 0.6) is 0 Å². The summed E-state index contributed by atoms with van der Waals surface area (Å²) < 4.78 is 11.5. The van der Waals surface area contributed by atoms with Gasteiger partial charge in [0.15, 0.2) is 0 Å². The van der Waals surface area contributed by atoms with Crippen molar-refractivity contribution >= 4 is 0 Å². The quantitative estimate of drug-likeness (QED) is 0.768. The Kier molecular flexibility index (Phi) is 6.44. The second-order valence-corrected chi connectivity index (χ2v) is 5.35. The first-order chi connectivity index (χ1) is 8.52. The summed E-state index contributed by atoms with van der Waals surface area (Å²) in [5, 5.41) is 3.38. The second-order valence-electron chi connectivity index (χ2n) is 5.35. The first kappa shape index (κ1) is 15.3. The number of ether oxygens (including phenoxy) is 1. The monoisotopic (exact) mass is 253 g/mol. The van der Waals surface area contributed by atoms with Gasteiger partial charge < -0.3 is 14.5 Å². The van der Waals surface area contributed by atoms with Crippen LogP contribution in [0, 0.1) is 12.8 Å². The van der Waals surface area contributed by atoms with E-state index in [0.717, 1.165) is 36.6 Å². The van der Waals surface area contributed by atoms with Crippen LogP contribution in [0.1, 0.15) is 51.2 Å². The van der Waals surface area contributed by atoms with Gasteiger partial charge in [-0.25, -0.2) is 0 Å². The molecule has 1 N–H and O–H groups in total. The van der Waals surface area contributed by atoms with Crippen molar-refractivity contribution in [3.8, 4) is 0 Å². The van der Waals surface area contributed by atoms with Gasteiger partial charge in [-0.15, -0.1) is 0 Å². The Hall–Kier alpha value is -0.800. The summed E-state index contributed by atoms with van der Waals surface area (Å²) >= 11 is 0. The highest BCUT2D eigenvalue weighted by Crippen LogP contribution is 2.16. The van der Waals surface area contributed by atoms with Gasteiger partial charge in [-0.2, -0.15) is 0 Å². The maximum absolute atomic E-state index is 5.73. The predicted octanol–water partition coefficient (Wildman–Crippen LogP) is 3.65. The van der Waals surface area contributed by atoms with Crippen LogP contribution in [0.15, 0.2) is 10.5 Å². The van der Waals surface area contributed by atoms with Gasteiger partial charge in [0, 0.05) is 5.56 Å². The van der Waals surface area contributed by atoms with Crippen molar-refractivity contribution in [2.75, 3.05) is 6.54 Å². The van der Waals surface area contributed by atoms with Gasteiger partial charge in [-0.05, 0) is 38.8 Å². The van der Waals surface area contributed by atoms with Crippen molar-refractivity contribution in [3.63, 3.8) is 0 Å². The molecule has 3 heteroatoms. The Morgan fingerprint density at radius 2 is 2.06 bits per heavy atom. The van der Waals surface area contributed by atoms with E-state index in [1.807, 2.05) is 6.92 Å². The number of furan rings is 1. The normalized spacial score (nSPS) is 13.2. The molecular weight excluding hydrogens is 226 g/mol. The lowest BCUT2D eigenvalue weighted by atomic mass is 10.2. The molecule has 1 heterocycles. The highest BCUT2D eigenvalue weighted by Gasteiger charge is 2.09. The number of nitrogens with one attached hydrogen (secondary N) is 1. The third-order valence-corrected chi connectivity index (χ3v) is 3.02. The molecule has 1 unspecified atom stereocenters. The van der Waals surface area contributed by atoms with Crippen LogP contribution in [-0.2, 0) is 17.9 Å². The van der Waals surface area contributed by atoms with Gasteiger partial charge in [-0.3, -0.25) is 0 Å². The van der Waals surface area contributed by atoms with E-state index >= 15 is 0 Å². The lowest BCUT2D eigenvalue weighted by molar-refractivity contribution is 0.0502. The summed E-state index contributed by atoms with van der Waals surface area (Å²) in [6.07, 6.45) is 1.35. The molecular formula is C15H27NO2. The van der Waals surface area contributed by atoms with Crippen molar-refractivity contribution in [1.82, 2.24) is 5.32 Å². The third kappa shape index (κ3) is 5.23. The minimum atomic E-state index is 0.307. The third-order valence-electron chi connectivity index (χ3n) is 3.02. The Balaban J connectivity index is 2.43. The average Bonchev–Trinajstić information content (AvgIpc) is 2.66. The highest BCUT2D eigenvalue weighted by atomic mass is 16.5. The zero-order valence-electron chi connectivity index (χ0n) is 12.4. The summed E-state index contributed by atoms with van der Waals surface area (Å²) in [5.41, 5.74) is 1.16. The molecule has 1 rings (SSSR count). The molecule has 104 valence electrons. The van der Waals surface area contributed by atoms with E-state index in [-0.39, 0.29) is 0 Å². The Morgan fingerprint density at radius 1 is 1.33 bits per heavy atom. The van der Waals surface area contributed by atoms with Crippen LogP contribution >= 0.6 is 0 Å². The molecule has 1 atom stereocenters. The van der Waals surface area contributed by atoms with Crippen LogP contribution in [-0.4, -0.2) is 12.6 Å². The van der Waals surface area contributed by atoms with Crippen LogP contribution < -0.4 is 5.32 Å². The van der Waals surface area contributed by atoms with E-state index in [1.165, 1.54) is 0 Å². The van der Waals surface area contributed by atoms with Crippen LogP contribution in [0.25, 0.3) is 0 Å². The van der Waals surface area contributed by atoms with Crippen molar-refractivity contribution in [2.24, 2.45) is 5.92 Å². The molecule has 0 fully saturated rings. The largest absolute Gasteiger partial charge is 0.465 e. The predicted molar refractivity (Wildman–Crippen MR) is 74.5 cm³/mol. The molecule has 0 amide bonds. The summed E-state index contributed by atoms with van der Waals surface area (Å²) in [6.45, 7) is 13.1. The summed E-state index contributed by atoms with van der Waals surface area (Å²) in [4.78, 5) is 0. The zero-order valence-corrected chi connectivity index (χ0v) is 12.4. The second kappa shape index (κ2) is 7.59. The maximum atomic E-state index is 5.73. The highest BCUT2D eigenvalue weighted by molar-refractivity contribution is 5.19. The molecule has 0 aromatic carbocycles. The Labute approximate surface area is 111 Å². The van der Waals surface area contributed by atoms with Crippen molar-refractivity contribution in [2.45, 2.75) is 60.3 Å². The Bertz CT molecular complexity index is 344. The summed E-state index contributed by atoms with van der Waals surface area (Å²) in [5.74, 6) is 2.63. The van der Waals surface area contributed by atoms with Crippen molar-refractivity contribution in [3.05, 3.63) is 23.2 Å². The molecule has 0 aliphatic heterocycles. The molecule has 0 bridgehead atoms. The minimum absolute atomic E-state index is 0.307. The van der Waals surface area contributed by atoms with Crippen LogP contribution in [0.3, 0.4) is 0 Å². The Morgan fingerprint density at radius 3 is 2.67 bits per heavy atom. The topological polar surface area (TPSA) is 34.4 Å². The molecule has 0 spiro atoms. The van der Waals surface area contributed by atoms with E-state index < -0.39 is 0 Å². The smallest absolute Gasteiger partial charge is 0.118 e. The fraction of sp³-hybridized carbons (Fsp3) is 0.733. The van der Waals surface area contributed by atoms with E-state index in [9.17, 15) is 0 Å². The SMILES string of the molecule is CCC(C)OCc1cc(CNCC(C)C)oc1C. The fourth-order valence-corrected chi connectivity index (χ4v) is 1.65. The lowest BCUT2D eigenvalue weighted by Crippen LogP contribution is -2.18. The van der Waals surface area contributed by atoms with Crippen LogP contribution in [0.4, 0.5) is 0 Å². The number of aryl methyl sites for hydroxylation is 1. The molecule has 0 aliphatic rings. The maximum Gasteiger partial charge on any atom is 0.118 e. The molecule has 0 saturated heterocycles. The summed E-state index contributed by atoms with van der Waals surface area (Å²) in [6, 6.07) is 2.10. The number of hydrogen-bond donors (Lipinski definition) is 1. The zero-order chi connectivity index (χ0) is 13.5. The number of hydrogen-bond acceptors (Lipinski definition) is 3. The molecule has 1 aromatic heterocycles. The van der Waals surface area contributed by atoms with E-state index in [4.69, 9.17) is 9.15 Å². The van der Waals surface area contributed by atoms with Gasteiger partial charge in [0.25, 0.3) is 0 Å². The first-order valence-corrected chi connectivity index (χ1v) is 6.93. The lowest BCUT2D eigenvalue weighted by Gasteiger charge is -2.09. The van der Waals surface area contributed by atoms with Crippen LogP contribution in [0.2, 0.25) is 0 Å². The molecule has 1 aromatic rings. The average molecular weight is 253 g/mol.